The molecule has 0 spiro atoms. The number of aliphatic hydroxyl groups excluding tert-OH is 1. The van der Waals surface area contributed by atoms with Crippen LogP contribution in [0.15, 0.2) is 0 Å². The highest BCUT2D eigenvalue weighted by Crippen LogP contribution is 2.30. The van der Waals surface area contributed by atoms with Crippen molar-refractivity contribution in [3.05, 3.63) is 0 Å². The molecule has 0 saturated heterocycles. The fraction of sp³-hybridized carbons (Fsp3) is 0.917. The molecule has 96 valence electrons. The smallest absolute Gasteiger partial charge is 0.405 e. The zero-order valence-corrected chi connectivity index (χ0v) is 11.0. The summed E-state index contributed by atoms with van der Waals surface area (Å²) in [7, 11) is 0. The summed E-state index contributed by atoms with van der Waals surface area (Å²) >= 11 is 0. The Hall–Kier alpha value is -0.770. The van der Waals surface area contributed by atoms with E-state index in [0.29, 0.717) is 6.42 Å². The van der Waals surface area contributed by atoms with Gasteiger partial charge >= 0.3 is 6.09 Å². The normalized spacial score (nSPS) is 14.6. The maximum Gasteiger partial charge on any atom is 0.405 e. The van der Waals surface area contributed by atoms with E-state index in [1.807, 2.05) is 13.8 Å². The van der Waals surface area contributed by atoms with Gasteiger partial charge in [-0.1, -0.05) is 20.8 Å². The van der Waals surface area contributed by atoms with Crippen molar-refractivity contribution in [1.29, 1.82) is 0 Å². The molecule has 4 heteroatoms. The second-order valence-corrected chi connectivity index (χ2v) is 6.20. The van der Waals surface area contributed by atoms with E-state index in [2.05, 4.69) is 20.8 Å². The molecule has 3 N–H and O–H groups in total. The van der Waals surface area contributed by atoms with Crippen molar-refractivity contribution in [1.82, 2.24) is 0 Å². The quantitative estimate of drug-likeness (QED) is 0.762. The lowest BCUT2D eigenvalue weighted by Gasteiger charge is -2.31. The minimum atomic E-state index is -0.766. The molecule has 1 unspecified atom stereocenters. The predicted molar refractivity (Wildman–Crippen MR) is 64.0 cm³/mol. The molecule has 0 fully saturated rings. The second kappa shape index (κ2) is 5.53. The van der Waals surface area contributed by atoms with Gasteiger partial charge in [-0.15, -0.1) is 0 Å². The molecular formula is C12H25NO3. The third-order valence-corrected chi connectivity index (χ3v) is 2.32. The molecule has 16 heavy (non-hydrogen) atoms. The number of aliphatic hydroxyl groups is 1. The summed E-state index contributed by atoms with van der Waals surface area (Å²) in [6, 6.07) is 0. The van der Waals surface area contributed by atoms with E-state index in [4.69, 9.17) is 10.5 Å². The van der Waals surface area contributed by atoms with Crippen LogP contribution in [0.2, 0.25) is 0 Å². The van der Waals surface area contributed by atoms with Crippen molar-refractivity contribution < 1.29 is 14.6 Å². The topological polar surface area (TPSA) is 72.6 Å². The van der Waals surface area contributed by atoms with E-state index in [1.54, 1.807) is 0 Å². The summed E-state index contributed by atoms with van der Waals surface area (Å²) in [4.78, 5) is 10.7. The number of carbonyl (C=O) groups is 1. The monoisotopic (exact) mass is 231 g/mol. The number of ether oxygens (including phenoxy) is 1. The second-order valence-electron chi connectivity index (χ2n) is 6.20. The first-order chi connectivity index (χ1) is 7.06. The molecule has 1 amide bonds. The van der Waals surface area contributed by atoms with Gasteiger partial charge in [-0.3, -0.25) is 0 Å². The molecule has 0 aliphatic heterocycles. The van der Waals surface area contributed by atoms with Crippen LogP contribution in [-0.2, 0) is 4.74 Å². The minimum absolute atomic E-state index is 0.100. The van der Waals surface area contributed by atoms with Crippen LogP contribution in [-0.4, -0.2) is 23.4 Å². The lowest BCUT2D eigenvalue weighted by Crippen LogP contribution is -2.35. The van der Waals surface area contributed by atoms with Crippen molar-refractivity contribution in [3.8, 4) is 0 Å². The summed E-state index contributed by atoms with van der Waals surface area (Å²) in [5, 5.41) is 9.32. The number of amides is 1. The maximum absolute atomic E-state index is 10.7. The fourth-order valence-electron chi connectivity index (χ4n) is 2.08. The molecule has 0 aliphatic rings. The summed E-state index contributed by atoms with van der Waals surface area (Å²) < 4.78 is 5.01. The largest absolute Gasteiger partial charge is 0.444 e. The lowest BCUT2D eigenvalue weighted by atomic mass is 9.80. The maximum atomic E-state index is 10.7. The van der Waals surface area contributed by atoms with Gasteiger partial charge in [-0.2, -0.15) is 0 Å². The van der Waals surface area contributed by atoms with Crippen LogP contribution < -0.4 is 5.73 Å². The zero-order valence-electron chi connectivity index (χ0n) is 11.0. The van der Waals surface area contributed by atoms with Crippen LogP contribution in [0.1, 0.15) is 47.5 Å². The third-order valence-electron chi connectivity index (χ3n) is 2.32. The van der Waals surface area contributed by atoms with E-state index in [0.717, 1.165) is 6.42 Å². The number of rotatable bonds is 5. The Kier molecular flexibility index (Phi) is 5.26. The molecular weight excluding hydrogens is 206 g/mol. The summed E-state index contributed by atoms with van der Waals surface area (Å²) in [5.41, 5.74) is 4.53. The van der Waals surface area contributed by atoms with Crippen molar-refractivity contribution >= 4 is 6.09 Å². The highest BCUT2D eigenvalue weighted by molar-refractivity contribution is 5.65. The van der Waals surface area contributed by atoms with Crippen molar-refractivity contribution in [3.63, 3.8) is 0 Å². The molecule has 4 nitrogen and oxygen atoms in total. The molecule has 0 aliphatic carbocycles. The first kappa shape index (κ1) is 15.2. The summed E-state index contributed by atoms with van der Waals surface area (Å²) in [6.45, 7) is 10.1. The number of hydrogen-bond donors (Lipinski definition) is 2. The lowest BCUT2D eigenvalue weighted by molar-refractivity contribution is 0.0119. The summed E-state index contributed by atoms with van der Waals surface area (Å²) in [5.74, 6) is 0.120. The van der Waals surface area contributed by atoms with Crippen molar-refractivity contribution in [2.24, 2.45) is 17.1 Å². The van der Waals surface area contributed by atoms with E-state index in [1.165, 1.54) is 0 Å². The SMILES string of the molecule is CC(C)(C)CC(CO)CC(C)(C)OC(N)=O. The van der Waals surface area contributed by atoms with Gasteiger partial charge in [0.25, 0.3) is 0 Å². The molecule has 0 heterocycles. The molecule has 0 bridgehead atoms. The fourth-order valence-corrected chi connectivity index (χ4v) is 2.08. The number of nitrogens with two attached hydrogens (primary N) is 1. The average Bonchev–Trinajstić information content (AvgIpc) is 1.96. The highest BCUT2D eigenvalue weighted by Gasteiger charge is 2.28. The van der Waals surface area contributed by atoms with Crippen molar-refractivity contribution in [2.45, 2.75) is 53.1 Å². The van der Waals surface area contributed by atoms with E-state index < -0.39 is 11.7 Å². The Bertz CT molecular complexity index is 231. The van der Waals surface area contributed by atoms with Crippen LogP contribution in [0.5, 0.6) is 0 Å². The van der Waals surface area contributed by atoms with Gasteiger partial charge < -0.3 is 15.6 Å². The van der Waals surface area contributed by atoms with E-state index in [9.17, 15) is 9.90 Å². The van der Waals surface area contributed by atoms with Gasteiger partial charge in [-0.25, -0.2) is 4.79 Å². The van der Waals surface area contributed by atoms with Gasteiger partial charge in [0.05, 0.1) is 0 Å². The van der Waals surface area contributed by atoms with Gasteiger partial charge in [0.15, 0.2) is 0 Å². The first-order valence-electron chi connectivity index (χ1n) is 5.65. The van der Waals surface area contributed by atoms with Gasteiger partial charge in [0.2, 0.25) is 0 Å². The molecule has 0 saturated carbocycles. The van der Waals surface area contributed by atoms with Crippen LogP contribution in [0.3, 0.4) is 0 Å². The van der Waals surface area contributed by atoms with Gasteiger partial charge in [-0.05, 0) is 38.0 Å². The van der Waals surface area contributed by atoms with Crippen LogP contribution >= 0.6 is 0 Å². The number of carbonyl (C=O) groups excluding carboxylic acids is 1. The van der Waals surface area contributed by atoms with Gasteiger partial charge in [0, 0.05) is 6.61 Å². The Morgan fingerprint density at radius 3 is 2.06 bits per heavy atom. The minimum Gasteiger partial charge on any atom is -0.444 e. The van der Waals surface area contributed by atoms with Gasteiger partial charge in [0.1, 0.15) is 5.60 Å². The Morgan fingerprint density at radius 2 is 1.75 bits per heavy atom. The Morgan fingerprint density at radius 1 is 1.25 bits per heavy atom. The standard InChI is InChI=1S/C12H25NO3/c1-11(2,3)6-9(8-14)7-12(4,5)16-10(13)15/h9,14H,6-8H2,1-5H3,(H2,13,15). The molecule has 0 aromatic rings. The molecule has 1 atom stereocenters. The number of primary amides is 1. The third kappa shape index (κ3) is 7.51. The highest BCUT2D eigenvalue weighted by atomic mass is 16.6. The van der Waals surface area contributed by atoms with Crippen molar-refractivity contribution in [2.75, 3.05) is 6.61 Å². The van der Waals surface area contributed by atoms with Crippen LogP contribution in [0.4, 0.5) is 4.79 Å². The van der Waals surface area contributed by atoms with Crippen LogP contribution in [0, 0.1) is 11.3 Å². The average molecular weight is 231 g/mol. The predicted octanol–water partition coefficient (Wildman–Crippen LogP) is 2.30. The molecule has 0 aromatic heterocycles. The Balaban J connectivity index is 4.36. The first-order valence-corrected chi connectivity index (χ1v) is 5.65. The van der Waals surface area contributed by atoms with E-state index in [-0.39, 0.29) is 17.9 Å². The number of hydrogen-bond acceptors (Lipinski definition) is 3. The van der Waals surface area contributed by atoms with Crippen LogP contribution in [0.25, 0.3) is 0 Å². The molecule has 0 radical (unpaired) electrons. The van der Waals surface area contributed by atoms with E-state index >= 15 is 0 Å². The Labute approximate surface area is 98.2 Å². The molecule has 0 aromatic carbocycles. The zero-order chi connectivity index (χ0) is 13.0. The molecule has 0 rings (SSSR count). The summed E-state index contributed by atoms with van der Waals surface area (Å²) in [6.07, 6.45) is 0.733.